The van der Waals surface area contributed by atoms with Crippen molar-refractivity contribution in [2.45, 2.75) is 25.5 Å². The van der Waals surface area contributed by atoms with Gasteiger partial charge in [-0.1, -0.05) is 0 Å². The standard InChI is InChI=1S/C16H24N4O3.HI/c1-17-16(18-11-13-4-10-22-12-13)20-7-5-19(6-8-20)15(21)14-3-2-9-23-14;/h4,10,12,14H,2-3,5-9,11H2,1H3,(H,17,18);1H. The maximum Gasteiger partial charge on any atom is 0.251 e. The van der Waals surface area contributed by atoms with Crippen molar-refractivity contribution in [3.63, 3.8) is 0 Å². The molecule has 0 saturated carbocycles. The Kier molecular flexibility index (Phi) is 7.35. The van der Waals surface area contributed by atoms with Crippen molar-refractivity contribution in [1.82, 2.24) is 15.1 Å². The van der Waals surface area contributed by atoms with Crippen molar-refractivity contribution in [2.75, 3.05) is 39.8 Å². The number of guanidine groups is 1. The summed E-state index contributed by atoms with van der Waals surface area (Å²) < 4.78 is 10.6. The van der Waals surface area contributed by atoms with E-state index in [-0.39, 0.29) is 36.0 Å². The van der Waals surface area contributed by atoms with E-state index in [0.717, 1.165) is 37.5 Å². The summed E-state index contributed by atoms with van der Waals surface area (Å²) in [4.78, 5) is 20.8. The van der Waals surface area contributed by atoms with E-state index in [4.69, 9.17) is 9.15 Å². The number of piperazine rings is 1. The van der Waals surface area contributed by atoms with E-state index in [1.807, 2.05) is 11.0 Å². The predicted molar refractivity (Wildman–Crippen MR) is 101 cm³/mol. The number of amides is 1. The Morgan fingerprint density at radius 1 is 1.33 bits per heavy atom. The fraction of sp³-hybridized carbons (Fsp3) is 0.625. The van der Waals surface area contributed by atoms with Gasteiger partial charge in [-0.2, -0.15) is 0 Å². The molecule has 3 rings (SSSR count). The van der Waals surface area contributed by atoms with Crippen LogP contribution in [0, 0.1) is 0 Å². The Hall–Kier alpha value is -1.29. The summed E-state index contributed by atoms with van der Waals surface area (Å²) in [6, 6.07) is 1.93. The Balaban J connectivity index is 0.00000208. The van der Waals surface area contributed by atoms with E-state index >= 15 is 0 Å². The number of halogens is 1. The molecule has 1 atom stereocenters. The minimum absolute atomic E-state index is 0. The average molecular weight is 448 g/mol. The highest BCUT2D eigenvalue weighted by Crippen LogP contribution is 2.16. The smallest absolute Gasteiger partial charge is 0.251 e. The molecule has 2 saturated heterocycles. The van der Waals surface area contributed by atoms with Gasteiger partial charge in [0.05, 0.1) is 12.5 Å². The number of aliphatic imine (C=N–C) groups is 1. The minimum atomic E-state index is -0.222. The number of hydrogen-bond acceptors (Lipinski definition) is 4. The third kappa shape index (κ3) is 4.62. The zero-order chi connectivity index (χ0) is 16.1. The molecule has 1 amide bonds. The second kappa shape index (κ2) is 9.26. The number of carbonyl (C=O) groups is 1. The zero-order valence-corrected chi connectivity index (χ0v) is 16.3. The van der Waals surface area contributed by atoms with Gasteiger partial charge in [-0.05, 0) is 18.9 Å². The van der Waals surface area contributed by atoms with Gasteiger partial charge in [0.25, 0.3) is 5.91 Å². The van der Waals surface area contributed by atoms with Crippen LogP contribution in [-0.4, -0.2) is 67.6 Å². The van der Waals surface area contributed by atoms with Gasteiger partial charge in [0.2, 0.25) is 0 Å². The summed E-state index contributed by atoms with van der Waals surface area (Å²) in [7, 11) is 1.78. The lowest BCUT2D eigenvalue weighted by molar-refractivity contribution is -0.142. The van der Waals surface area contributed by atoms with Crippen LogP contribution in [0.2, 0.25) is 0 Å². The molecule has 2 fully saturated rings. The van der Waals surface area contributed by atoms with E-state index in [9.17, 15) is 4.79 Å². The quantitative estimate of drug-likeness (QED) is 0.429. The molecule has 0 aromatic carbocycles. The summed E-state index contributed by atoms with van der Waals surface area (Å²) in [5.74, 6) is 0.999. The maximum atomic E-state index is 12.4. The van der Waals surface area contributed by atoms with Crippen LogP contribution in [0.3, 0.4) is 0 Å². The number of nitrogens with zero attached hydrogens (tertiary/aromatic N) is 3. The van der Waals surface area contributed by atoms with Crippen molar-refractivity contribution in [3.8, 4) is 0 Å². The lowest BCUT2D eigenvalue weighted by Crippen LogP contribution is -2.55. The van der Waals surface area contributed by atoms with Gasteiger partial charge in [0, 0.05) is 51.9 Å². The van der Waals surface area contributed by atoms with Crippen LogP contribution in [0.5, 0.6) is 0 Å². The van der Waals surface area contributed by atoms with Crippen molar-refractivity contribution < 1.29 is 13.9 Å². The van der Waals surface area contributed by atoms with Crippen molar-refractivity contribution in [1.29, 1.82) is 0 Å². The third-order valence-electron chi connectivity index (χ3n) is 4.34. The van der Waals surface area contributed by atoms with Gasteiger partial charge >= 0.3 is 0 Å². The summed E-state index contributed by atoms with van der Waals surface area (Å²) in [5.41, 5.74) is 1.08. The Morgan fingerprint density at radius 3 is 2.67 bits per heavy atom. The fourth-order valence-electron chi connectivity index (χ4n) is 3.02. The van der Waals surface area contributed by atoms with Crippen LogP contribution in [0.15, 0.2) is 28.0 Å². The van der Waals surface area contributed by atoms with Gasteiger partial charge < -0.3 is 24.3 Å². The van der Waals surface area contributed by atoms with Gasteiger partial charge in [-0.25, -0.2) is 0 Å². The van der Waals surface area contributed by atoms with E-state index in [0.29, 0.717) is 26.2 Å². The summed E-state index contributed by atoms with van der Waals surface area (Å²) in [6.45, 7) is 4.38. The number of carbonyl (C=O) groups excluding carboxylic acids is 1. The Bertz CT molecular complexity index is 536. The highest BCUT2D eigenvalue weighted by atomic mass is 127. The number of rotatable bonds is 3. The van der Waals surface area contributed by atoms with Crippen LogP contribution in [0.4, 0.5) is 0 Å². The molecule has 0 bridgehead atoms. The zero-order valence-electron chi connectivity index (χ0n) is 13.9. The molecule has 24 heavy (non-hydrogen) atoms. The summed E-state index contributed by atoms with van der Waals surface area (Å²) in [5, 5.41) is 3.33. The minimum Gasteiger partial charge on any atom is -0.472 e. The van der Waals surface area contributed by atoms with E-state index in [1.165, 1.54) is 0 Å². The van der Waals surface area contributed by atoms with Gasteiger partial charge in [0.15, 0.2) is 5.96 Å². The molecule has 2 aliphatic rings. The second-order valence-corrected chi connectivity index (χ2v) is 5.85. The van der Waals surface area contributed by atoms with E-state index in [2.05, 4.69) is 15.2 Å². The molecule has 0 radical (unpaired) electrons. The van der Waals surface area contributed by atoms with Gasteiger partial charge in [-0.3, -0.25) is 9.79 Å². The molecular weight excluding hydrogens is 423 g/mol. The molecule has 2 aliphatic heterocycles. The summed E-state index contributed by atoms with van der Waals surface area (Å²) >= 11 is 0. The fourth-order valence-corrected chi connectivity index (χ4v) is 3.02. The predicted octanol–water partition coefficient (Wildman–Crippen LogP) is 1.30. The molecule has 1 aromatic heterocycles. The molecule has 7 nitrogen and oxygen atoms in total. The lowest BCUT2D eigenvalue weighted by atomic mass is 10.2. The van der Waals surface area contributed by atoms with Crippen LogP contribution in [-0.2, 0) is 16.1 Å². The first-order valence-electron chi connectivity index (χ1n) is 8.15. The SMILES string of the molecule is CN=C(NCc1ccoc1)N1CCN(C(=O)C2CCCO2)CC1.I. The first-order valence-corrected chi connectivity index (χ1v) is 8.15. The third-order valence-corrected chi connectivity index (χ3v) is 4.34. The van der Waals surface area contributed by atoms with Crippen LogP contribution in [0.25, 0.3) is 0 Å². The molecule has 134 valence electrons. The molecular formula is C16H25IN4O3. The molecule has 1 aromatic rings. The van der Waals surface area contributed by atoms with Crippen LogP contribution >= 0.6 is 24.0 Å². The lowest BCUT2D eigenvalue weighted by Gasteiger charge is -2.37. The number of nitrogens with one attached hydrogen (secondary N) is 1. The topological polar surface area (TPSA) is 70.3 Å². The summed E-state index contributed by atoms with van der Waals surface area (Å²) in [6.07, 6.45) is 5.00. The normalized spacial score (nSPS) is 21.5. The number of ether oxygens (including phenoxy) is 1. The van der Waals surface area contributed by atoms with Crippen molar-refractivity contribution in [2.24, 2.45) is 4.99 Å². The van der Waals surface area contributed by atoms with E-state index in [1.54, 1.807) is 19.6 Å². The van der Waals surface area contributed by atoms with E-state index < -0.39 is 0 Å². The molecule has 0 spiro atoms. The Labute approximate surface area is 159 Å². The molecule has 0 aliphatic carbocycles. The first kappa shape index (κ1) is 19.0. The second-order valence-electron chi connectivity index (χ2n) is 5.85. The van der Waals surface area contributed by atoms with Crippen LogP contribution in [0.1, 0.15) is 18.4 Å². The van der Waals surface area contributed by atoms with Gasteiger partial charge in [0.1, 0.15) is 6.10 Å². The first-order chi connectivity index (χ1) is 11.3. The molecule has 1 N–H and O–H groups in total. The molecule has 1 unspecified atom stereocenters. The molecule has 8 heteroatoms. The molecule has 3 heterocycles. The van der Waals surface area contributed by atoms with Gasteiger partial charge in [-0.15, -0.1) is 24.0 Å². The van der Waals surface area contributed by atoms with Crippen molar-refractivity contribution in [3.05, 3.63) is 24.2 Å². The highest BCUT2D eigenvalue weighted by Gasteiger charge is 2.30. The monoisotopic (exact) mass is 448 g/mol. The average Bonchev–Trinajstić information content (AvgIpc) is 3.29. The Morgan fingerprint density at radius 2 is 2.08 bits per heavy atom. The largest absolute Gasteiger partial charge is 0.472 e. The van der Waals surface area contributed by atoms with Crippen molar-refractivity contribution >= 4 is 35.8 Å². The number of furan rings is 1. The maximum absolute atomic E-state index is 12.4. The highest BCUT2D eigenvalue weighted by molar-refractivity contribution is 14.0. The number of hydrogen-bond donors (Lipinski definition) is 1. The van der Waals surface area contributed by atoms with Crippen LogP contribution < -0.4 is 5.32 Å².